The third kappa shape index (κ3) is 5.95. The SMILES string of the molecule is CN(C)C(CNC(=O)C(C)(N)c1ccccc1)c1cccc(F)c1.Cl.Cl. The number of halogens is 3. The van der Waals surface area contributed by atoms with Gasteiger partial charge in [-0.25, -0.2) is 4.39 Å². The Kier molecular flexibility index (Phi) is 9.81. The predicted octanol–water partition coefficient (Wildman–Crippen LogP) is 3.26. The standard InChI is InChI=1S/C19H24FN3O.2ClH/c1-19(21,15-9-5-4-6-10-15)18(24)22-13-17(23(2)3)14-8-7-11-16(20)12-14;;/h4-12,17H,13,21H2,1-3H3,(H,22,24);2*1H. The van der Waals surface area contributed by atoms with Crippen LogP contribution in [0.1, 0.15) is 24.1 Å². The maximum atomic E-state index is 13.5. The maximum Gasteiger partial charge on any atom is 0.244 e. The molecule has 0 heterocycles. The molecule has 26 heavy (non-hydrogen) atoms. The molecule has 7 heteroatoms. The first-order chi connectivity index (χ1) is 11.3. The highest BCUT2D eigenvalue weighted by atomic mass is 35.5. The summed E-state index contributed by atoms with van der Waals surface area (Å²) in [7, 11) is 3.78. The quantitative estimate of drug-likeness (QED) is 0.780. The smallest absolute Gasteiger partial charge is 0.244 e. The van der Waals surface area contributed by atoms with Gasteiger partial charge in [-0.3, -0.25) is 4.79 Å². The summed E-state index contributed by atoms with van der Waals surface area (Å²) in [4.78, 5) is 14.5. The van der Waals surface area contributed by atoms with Crippen molar-refractivity contribution in [2.75, 3.05) is 20.6 Å². The highest BCUT2D eigenvalue weighted by Gasteiger charge is 2.30. The van der Waals surface area contributed by atoms with Gasteiger partial charge in [0.1, 0.15) is 11.4 Å². The Morgan fingerprint density at radius 3 is 2.31 bits per heavy atom. The highest BCUT2D eigenvalue weighted by Crippen LogP contribution is 2.20. The van der Waals surface area contributed by atoms with Crippen molar-refractivity contribution in [1.29, 1.82) is 0 Å². The van der Waals surface area contributed by atoms with Crippen molar-refractivity contribution >= 4 is 30.7 Å². The van der Waals surface area contributed by atoms with E-state index in [1.165, 1.54) is 12.1 Å². The topological polar surface area (TPSA) is 58.4 Å². The molecule has 0 saturated carbocycles. The van der Waals surface area contributed by atoms with Crippen LogP contribution in [0.15, 0.2) is 54.6 Å². The molecular formula is C19H26Cl2FN3O. The van der Waals surface area contributed by atoms with Crippen LogP contribution in [0.2, 0.25) is 0 Å². The van der Waals surface area contributed by atoms with E-state index in [0.29, 0.717) is 6.54 Å². The predicted molar refractivity (Wildman–Crippen MR) is 108 cm³/mol. The number of rotatable bonds is 6. The number of amides is 1. The number of nitrogens with zero attached hydrogens (tertiary/aromatic N) is 1. The molecule has 2 aromatic rings. The second-order valence-corrected chi connectivity index (χ2v) is 6.31. The lowest BCUT2D eigenvalue weighted by Gasteiger charge is -2.29. The van der Waals surface area contributed by atoms with Gasteiger partial charge >= 0.3 is 0 Å². The molecule has 4 nitrogen and oxygen atoms in total. The highest BCUT2D eigenvalue weighted by molar-refractivity contribution is 5.87. The van der Waals surface area contributed by atoms with Crippen LogP contribution in [-0.4, -0.2) is 31.4 Å². The largest absolute Gasteiger partial charge is 0.352 e. The normalized spacial score (nSPS) is 13.8. The molecule has 0 bridgehead atoms. The van der Waals surface area contributed by atoms with Crippen LogP contribution >= 0.6 is 24.8 Å². The molecule has 0 aliphatic heterocycles. The first-order valence-electron chi connectivity index (χ1n) is 7.87. The lowest BCUT2D eigenvalue weighted by molar-refractivity contribution is -0.126. The van der Waals surface area contributed by atoms with Gasteiger partial charge in [0, 0.05) is 6.54 Å². The molecule has 0 aliphatic carbocycles. The molecule has 0 aliphatic rings. The molecule has 2 unspecified atom stereocenters. The number of carbonyl (C=O) groups excluding carboxylic acids is 1. The molecule has 0 saturated heterocycles. The zero-order chi connectivity index (χ0) is 17.7. The van der Waals surface area contributed by atoms with Crippen molar-refractivity contribution in [3.63, 3.8) is 0 Å². The van der Waals surface area contributed by atoms with Gasteiger partial charge < -0.3 is 16.0 Å². The molecule has 2 atom stereocenters. The van der Waals surface area contributed by atoms with Crippen molar-refractivity contribution in [1.82, 2.24) is 10.2 Å². The molecule has 1 amide bonds. The van der Waals surface area contributed by atoms with E-state index in [9.17, 15) is 9.18 Å². The Morgan fingerprint density at radius 1 is 1.15 bits per heavy atom. The summed E-state index contributed by atoms with van der Waals surface area (Å²) >= 11 is 0. The van der Waals surface area contributed by atoms with Gasteiger partial charge in [0.05, 0.1) is 6.04 Å². The number of nitrogens with two attached hydrogens (primary N) is 1. The third-order valence-corrected chi connectivity index (χ3v) is 4.16. The van der Waals surface area contributed by atoms with Gasteiger partial charge in [-0.05, 0) is 44.3 Å². The van der Waals surface area contributed by atoms with E-state index in [2.05, 4.69) is 5.32 Å². The summed E-state index contributed by atoms with van der Waals surface area (Å²) in [6, 6.07) is 15.5. The Hall–Kier alpha value is -1.66. The van der Waals surface area contributed by atoms with Crippen LogP contribution in [0.4, 0.5) is 4.39 Å². The summed E-state index contributed by atoms with van der Waals surface area (Å²) in [6.07, 6.45) is 0. The minimum absolute atomic E-state index is 0. The molecule has 144 valence electrons. The van der Waals surface area contributed by atoms with E-state index < -0.39 is 5.54 Å². The van der Waals surface area contributed by atoms with Gasteiger partial charge in [-0.2, -0.15) is 0 Å². The molecule has 0 aromatic heterocycles. The van der Waals surface area contributed by atoms with E-state index in [1.807, 2.05) is 55.4 Å². The van der Waals surface area contributed by atoms with Crippen LogP contribution in [0.3, 0.4) is 0 Å². The van der Waals surface area contributed by atoms with Crippen LogP contribution in [0, 0.1) is 5.82 Å². The monoisotopic (exact) mass is 401 g/mol. The van der Waals surface area contributed by atoms with Crippen LogP contribution in [0.5, 0.6) is 0 Å². The van der Waals surface area contributed by atoms with Crippen molar-refractivity contribution in [3.8, 4) is 0 Å². The van der Waals surface area contributed by atoms with E-state index in [0.717, 1.165) is 11.1 Å². The first-order valence-corrected chi connectivity index (χ1v) is 7.87. The summed E-state index contributed by atoms with van der Waals surface area (Å²) in [5.41, 5.74) is 6.65. The number of nitrogens with one attached hydrogen (secondary N) is 1. The van der Waals surface area contributed by atoms with Crippen molar-refractivity contribution in [2.24, 2.45) is 5.73 Å². The fourth-order valence-corrected chi connectivity index (χ4v) is 2.60. The van der Waals surface area contributed by atoms with Crippen molar-refractivity contribution in [2.45, 2.75) is 18.5 Å². The van der Waals surface area contributed by atoms with E-state index in [4.69, 9.17) is 5.73 Å². The van der Waals surface area contributed by atoms with Crippen molar-refractivity contribution in [3.05, 3.63) is 71.5 Å². The minimum atomic E-state index is -1.12. The third-order valence-electron chi connectivity index (χ3n) is 4.16. The zero-order valence-electron chi connectivity index (χ0n) is 15.1. The summed E-state index contributed by atoms with van der Waals surface area (Å²) in [5.74, 6) is -0.560. The lowest BCUT2D eigenvalue weighted by atomic mass is 9.92. The average Bonchev–Trinajstić information content (AvgIpc) is 2.55. The number of likely N-dealkylation sites (N-methyl/N-ethyl adjacent to an activating group) is 1. The fraction of sp³-hybridized carbons (Fsp3) is 0.316. The number of benzene rings is 2. The summed E-state index contributed by atoms with van der Waals surface area (Å²) < 4.78 is 13.5. The number of hydrogen-bond donors (Lipinski definition) is 2. The Bertz CT molecular complexity index is 696. The Morgan fingerprint density at radius 2 is 1.77 bits per heavy atom. The van der Waals surface area contributed by atoms with Gasteiger partial charge in [0.25, 0.3) is 0 Å². The van der Waals surface area contributed by atoms with Gasteiger partial charge in [0.2, 0.25) is 5.91 Å². The van der Waals surface area contributed by atoms with E-state index >= 15 is 0 Å². The summed E-state index contributed by atoms with van der Waals surface area (Å²) in [6.45, 7) is 2.03. The molecule has 0 spiro atoms. The lowest BCUT2D eigenvalue weighted by Crippen LogP contribution is -2.50. The number of carbonyl (C=O) groups is 1. The average molecular weight is 402 g/mol. The van der Waals surface area contributed by atoms with Gasteiger partial charge in [0.15, 0.2) is 0 Å². The Balaban J connectivity index is 0.00000312. The van der Waals surface area contributed by atoms with Crippen LogP contribution in [0.25, 0.3) is 0 Å². The first kappa shape index (κ1) is 24.3. The Labute approximate surface area is 166 Å². The van der Waals surface area contributed by atoms with E-state index in [-0.39, 0.29) is 42.6 Å². The molecule has 2 rings (SSSR count). The molecule has 2 aromatic carbocycles. The second kappa shape index (κ2) is 10.5. The minimum Gasteiger partial charge on any atom is -0.352 e. The van der Waals surface area contributed by atoms with Crippen LogP contribution in [-0.2, 0) is 10.3 Å². The number of hydrogen-bond acceptors (Lipinski definition) is 3. The van der Waals surface area contributed by atoms with Gasteiger partial charge in [-0.1, -0.05) is 42.5 Å². The fourth-order valence-electron chi connectivity index (χ4n) is 2.60. The second-order valence-electron chi connectivity index (χ2n) is 6.31. The summed E-state index contributed by atoms with van der Waals surface area (Å²) in [5, 5.41) is 2.89. The van der Waals surface area contributed by atoms with Crippen LogP contribution < -0.4 is 11.1 Å². The molecule has 0 radical (unpaired) electrons. The molecule has 3 N–H and O–H groups in total. The van der Waals surface area contributed by atoms with Crippen molar-refractivity contribution < 1.29 is 9.18 Å². The van der Waals surface area contributed by atoms with Gasteiger partial charge in [-0.15, -0.1) is 24.8 Å². The molecular weight excluding hydrogens is 376 g/mol. The van der Waals surface area contributed by atoms with E-state index in [1.54, 1.807) is 13.0 Å². The zero-order valence-corrected chi connectivity index (χ0v) is 16.7. The molecule has 0 fully saturated rings. The maximum absolute atomic E-state index is 13.5.